The molecule has 0 fully saturated rings. The van der Waals surface area contributed by atoms with E-state index < -0.39 is 52.5 Å². The molecule has 3 amide bonds. The van der Waals surface area contributed by atoms with E-state index in [1.807, 2.05) is 12.1 Å². The average Bonchev–Trinajstić information content (AvgIpc) is 2.43. The Morgan fingerprint density at radius 1 is 0.541 bits per heavy atom. The van der Waals surface area contributed by atoms with E-state index in [0.717, 1.165) is 16.1 Å². The van der Waals surface area contributed by atoms with Crippen molar-refractivity contribution in [2.45, 2.75) is 76.3 Å². The Morgan fingerprint density at radius 2 is 0.906 bits per heavy atom. The predicted octanol–water partition coefficient (Wildman–Crippen LogP) is 12.5. The molecule has 0 radical (unpaired) electrons. The van der Waals surface area contributed by atoms with E-state index >= 15 is 0 Å². The summed E-state index contributed by atoms with van der Waals surface area (Å²) in [6.07, 6.45) is 2.46. The van der Waals surface area contributed by atoms with Gasteiger partial charge in [-0.2, -0.15) is 0 Å². The summed E-state index contributed by atoms with van der Waals surface area (Å²) in [5.41, 5.74) is 7.60. The highest BCUT2D eigenvalue weighted by Gasteiger charge is 2.28. The minimum absolute atomic E-state index is 0.00459. The second-order valence-corrected chi connectivity index (χ2v) is 25.8. The maximum absolute atomic E-state index is 13.3. The highest BCUT2D eigenvalue weighted by Crippen LogP contribution is 2.39. The molecule has 0 saturated heterocycles. The number of sulfonamides is 2. The van der Waals surface area contributed by atoms with Gasteiger partial charge >= 0.3 is 11.5 Å². The predicted molar refractivity (Wildman–Crippen MR) is 327 cm³/mol. The monoisotopic (exact) mass is 1250 g/mol. The number of ether oxygens (including phenoxy) is 2. The van der Waals surface area contributed by atoms with Gasteiger partial charge in [0, 0.05) is 118 Å². The third-order valence-corrected chi connectivity index (χ3v) is 16.5. The van der Waals surface area contributed by atoms with Crippen molar-refractivity contribution in [1.82, 2.24) is 19.4 Å². The van der Waals surface area contributed by atoms with Crippen molar-refractivity contribution in [1.29, 1.82) is 0 Å². The van der Waals surface area contributed by atoms with Gasteiger partial charge in [-0.05, 0) is 139 Å². The molecule has 8 aromatic rings. The van der Waals surface area contributed by atoms with Crippen molar-refractivity contribution >= 4 is 112 Å². The van der Waals surface area contributed by atoms with Crippen molar-refractivity contribution in [3.05, 3.63) is 166 Å². The lowest BCUT2D eigenvalue weighted by Gasteiger charge is -2.22. The van der Waals surface area contributed by atoms with E-state index in [0.29, 0.717) is 48.6 Å². The van der Waals surface area contributed by atoms with Gasteiger partial charge in [0.15, 0.2) is 0 Å². The third-order valence-electron chi connectivity index (χ3n) is 10.6. The second kappa shape index (κ2) is 27.6. The quantitative estimate of drug-likeness (QED) is 0.0240. The zero-order valence-electron chi connectivity index (χ0n) is 46.4. The van der Waals surface area contributed by atoms with E-state index in [9.17, 15) is 56.2 Å². The summed E-state index contributed by atoms with van der Waals surface area (Å²) in [6, 6.07) is 33.7. The molecular weight excluding hydrogens is 1200 g/mol. The Bertz CT molecular complexity index is 4000. The Balaban J connectivity index is 0.000000233. The van der Waals surface area contributed by atoms with Crippen LogP contribution >= 0.6 is 34.3 Å². The number of halogens is 1. The Morgan fingerprint density at radius 3 is 1.26 bits per heavy atom. The van der Waals surface area contributed by atoms with Gasteiger partial charge in [0.1, 0.15) is 21.5 Å². The van der Waals surface area contributed by atoms with E-state index in [2.05, 4.69) is 40.1 Å². The second-order valence-electron chi connectivity index (χ2n) is 20.1. The molecule has 0 atom stereocenters. The number of hydrogen-bond acceptors (Lipinski definition) is 19. The number of nitrogens with one attached hydrogen (secondary N) is 5. The highest BCUT2D eigenvalue weighted by atomic mass is 35.5. The smallest absolute Gasteiger partial charge is 0.414 e. The molecule has 2 heterocycles. The first kappa shape index (κ1) is 65.1. The van der Waals surface area contributed by atoms with Crippen LogP contribution in [0.25, 0.3) is 42.0 Å². The number of thiazole rings is 2. The zero-order valence-corrected chi connectivity index (χ0v) is 50.5. The van der Waals surface area contributed by atoms with Crippen LogP contribution in [0.4, 0.5) is 43.7 Å². The summed E-state index contributed by atoms with van der Waals surface area (Å²) < 4.78 is 67.9. The van der Waals surface area contributed by atoms with Crippen LogP contribution in [0.3, 0.4) is 0 Å². The molecule has 0 saturated carbocycles. The number of benzene rings is 6. The van der Waals surface area contributed by atoms with Gasteiger partial charge in [-0.1, -0.05) is 12.1 Å². The van der Waals surface area contributed by atoms with Crippen LogP contribution in [-0.2, 0) is 29.6 Å². The maximum atomic E-state index is 13.3. The van der Waals surface area contributed by atoms with Gasteiger partial charge in [-0.3, -0.25) is 35.1 Å². The summed E-state index contributed by atoms with van der Waals surface area (Å²) in [7, 11) is -7.82. The number of anilines is 4. The number of hydrogen-bond donors (Lipinski definition) is 6. The number of non-ortho nitro benzene ring substituents is 2. The van der Waals surface area contributed by atoms with Gasteiger partial charge in [-0.25, -0.2) is 45.8 Å². The first-order valence-corrected chi connectivity index (χ1v) is 29.9. The van der Waals surface area contributed by atoms with Crippen molar-refractivity contribution in [3.8, 4) is 53.5 Å². The van der Waals surface area contributed by atoms with E-state index in [1.54, 1.807) is 115 Å². The standard InChI is InChI=1S/C28H27N5O7S2.C21H24N4O3S2.C7H4ClNO4/c1-17(34)30-20-9-14-23(25(15-20)42(38,39)32-28(2,3)4)24-16-29-26(41-24)18-5-7-19(8-6-18)31-27(35)40-22-12-10-21(11-13-22)33(36)37;1-13(26)24-16-9-10-17(19(11-16)30(27,28)25-21(2,3)4)18-12-23-20(29-18)14-5-7-15(22)8-6-14;8-7(10)13-6-3-1-5(2-4-6)9(11)12/h5-16,32H,1-4H3,(H,30,34)(H,31,35);5-12,25H,22H2,1-4H3,(H,24,26);1-4H. The number of amides is 3. The number of rotatable bonds is 15. The fraction of sp³-hybridized carbons (Fsp3) is 0.179. The lowest BCUT2D eigenvalue weighted by atomic mass is 10.1. The molecule has 29 heteroatoms. The number of nitro groups is 2. The van der Waals surface area contributed by atoms with Crippen molar-refractivity contribution < 1.29 is 55.3 Å². The normalized spacial score (nSPS) is 11.4. The summed E-state index contributed by atoms with van der Waals surface area (Å²) in [4.78, 5) is 75.7. The lowest BCUT2D eigenvalue weighted by Crippen LogP contribution is -2.40. The van der Waals surface area contributed by atoms with Crippen molar-refractivity contribution in [2.24, 2.45) is 0 Å². The molecule has 0 unspecified atom stereocenters. The third kappa shape index (κ3) is 19.5. The van der Waals surface area contributed by atoms with Crippen LogP contribution in [0.5, 0.6) is 11.5 Å². The number of carbonyl (C=O) groups excluding carboxylic acids is 4. The minimum Gasteiger partial charge on any atom is -0.414 e. The molecule has 0 aliphatic heterocycles. The molecule has 2 aromatic heterocycles. The van der Waals surface area contributed by atoms with Gasteiger partial charge in [0.25, 0.3) is 11.4 Å². The van der Waals surface area contributed by atoms with Crippen molar-refractivity contribution in [2.75, 3.05) is 21.7 Å². The van der Waals surface area contributed by atoms with E-state index in [-0.39, 0.29) is 44.5 Å². The molecule has 24 nitrogen and oxygen atoms in total. The molecule has 6 aromatic carbocycles. The molecule has 0 bridgehead atoms. The van der Waals surface area contributed by atoms with Crippen molar-refractivity contribution in [3.63, 3.8) is 0 Å². The number of aromatic nitrogens is 2. The highest BCUT2D eigenvalue weighted by molar-refractivity contribution is 7.90. The first-order valence-electron chi connectivity index (χ1n) is 24.9. The van der Waals surface area contributed by atoms with E-state index in [4.69, 9.17) is 22.1 Å². The summed E-state index contributed by atoms with van der Waals surface area (Å²) in [6.45, 7) is 13.2. The average molecular weight is 1260 g/mol. The van der Waals surface area contributed by atoms with Gasteiger partial charge < -0.3 is 25.8 Å². The minimum atomic E-state index is -3.96. The Kier molecular flexibility index (Phi) is 21.1. The molecule has 0 spiro atoms. The number of nitro benzene ring substituents is 2. The number of nitrogens with two attached hydrogens (primary N) is 1. The maximum Gasteiger partial charge on any atom is 0.417 e. The van der Waals surface area contributed by atoms with Crippen LogP contribution in [0.2, 0.25) is 0 Å². The Hall–Kier alpha value is -9.03. The van der Waals surface area contributed by atoms with Crippen LogP contribution in [0.15, 0.2) is 156 Å². The molecule has 0 aliphatic carbocycles. The number of nitrogens with zero attached hydrogens (tertiary/aromatic N) is 4. The SMILES string of the molecule is CC(=O)Nc1ccc(-c2cnc(-c3ccc(N)cc3)s2)c(S(=O)(=O)NC(C)(C)C)c1.CC(=O)Nc1ccc(-c2cnc(-c3ccc(NC(=O)Oc4ccc([N+](=O)[O-])cc4)cc3)s2)c(S(=O)(=O)NC(C)(C)C)c1.O=C(Cl)Oc1ccc([N+](=O)[O-])cc1. The molecule has 7 N–H and O–H groups in total. The molecule has 85 heavy (non-hydrogen) atoms. The van der Waals surface area contributed by atoms with Gasteiger partial charge in [-0.15, -0.1) is 22.7 Å². The Labute approximate surface area is 501 Å². The van der Waals surface area contributed by atoms with Gasteiger partial charge in [0.05, 0.1) is 29.4 Å². The van der Waals surface area contributed by atoms with Gasteiger partial charge in [0.2, 0.25) is 31.9 Å². The first-order chi connectivity index (χ1) is 39.7. The number of carbonyl (C=O) groups is 4. The fourth-order valence-electron chi connectivity index (χ4n) is 7.38. The number of nitrogen functional groups attached to an aromatic ring is 1. The summed E-state index contributed by atoms with van der Waals surface area (Å²) in [5.74, 6) is -0.286. The van der Waals surface area contributed by atoms with Crippen LogP contribution in [0, 0.1) is 20.2 Å². The topological polar surface area (TPSA) is 353 Å². The summed E-state index contributed by atoms with van der Waals surface area (Å²) in [5, 5.41) is 30.2. The zero-order chi connectivity index (χ0) is 62.6. The van der Waals surface area contributed by atoms with Crippen LogP contribution in [0.1, 0.15) is 55.4 Å². The molecule has 8 rings (SSSR count). The fourth-order valence-corrected chi connectivity index (χ4v) is 12.8. The molecular formula is C56H55ClN10O14S4. The van der Waals surface area contributed by atoms with Crippen LogP contribution < -0.4 is 40.6 Å². The lowest BCUT2D eigenvalue weighted by molar-refractivity contribution is -0.385. The summed E-state index contributed by atoms with van der Waals surface area (Å²) >= 11 is 7.58. The largest absolute Gasteiger partial charge is 0.417 e. The molecule has 444 valence electrons. The van der Waals surface area contributed by atoms with Crippen LogP contribution in [-0.4, -0.2) is 71.1 Å². The van der Waals surface area contributed by atoms with E-state index in [1.165, 1.54) is 97.2 Å². The molecule has 0 aliphatic rings.